The molecule has 0 bridgehead atoms. The van der Waals surface area contributed by atoms with Gasteiger partial charge in [-0.3, -0.25) is 4.98 Å². The summed E-state index contributed by atoms with van der Waals surface area (Å²) in [6.45, 7) is 5.60. The summed E-state index contributed by atoms with van der Waals surface area (Å²) >= 11 is 0. The molecule has 0 spiro atoms. The van der Waals surface area contributed by atoms with Crippen LogP contribution in [0.15, 0.2) is 42.6 Å². The van der Waals surface area contributed by atoms with E-state index in [9.17, 15) is 0 Å². The molecule has 0 amide bonds. The van der Waals surface area contributed by atoms with Crippen LogP contribution in [0.2, 0.25) is 0 Å². The Morgan fingerprint density at radius 2 is 1.82 bits per heavy atom. The number of aryl methyl sites for hydroxylation is 2. The van der Waals surface area contributed by atoms with Gasteiger partial charge in [-0.15, -0.1) is 10.2 Å². The minimum absolute atomic E-state index is 0.406. The number of aromatic nitrogens is 3. The molecule has 140 valence electrons. The van der Waals surface area contributed by atoms with Gasteiger partial charge in [0.2, 0.25) is 0 Å². The molecule has 1 aliphatic rings. The Morgan fingerprint density at radius 1 is 1.04 bits per heavy atom. The van der Waals surface area contributed by atoms with Crippen LogP contribution in [-0.4, -0.2) is 21.7 Å². The molecule has 1 aromatic carbocycles. The van der Waals surface area contributed by atoms with Crippen molar-refractivity contribution >= 4 is 5.82 Å². The van der Waals surface area contributed by atoms with Gasteiger partial charge >= 0.3 is 0 Å². The molecule has 0 aliphatic carbocycles. The van der Waals surface area contributed by atoms with Crippen molar-refractivity contribution in [3.05, 3.63) is 81.8 Å². The molecule has 0 saturated heterocycles. The maximum Gasteiger partial charge on any atom is 0.166 e. The lowest BCUT2D eigenvalue weighted by atomic mass is 9.99. The normalized spacial score (nSPS) is 13.1. The van der Waals surface area contributed by atoms with Gasteiger partial charge in [-0.05, 0) is 54.5 Å². The molecule has 5 heteroatoms. The van der Waals surface area contributed by atoms with Gasteiger partial charge in [0.05, 0.1) is 0 Å². The van der Waals surface area contributed by atoms with Crippen LogP contribution in [0.1, 0.15) is 39.2 Å². The average Bonchev–Trinajstić information content (AvgIpc) is 2.74. The fourth-order valence-electron chi connectivity index (χ4n) is 3.73. The number of pyridine rings is 1. The van der Waals surface area contributed by atoms with Crippen molar-refractivity contribution in [3.8, 4) is 6.07 Å². The number of fused-ring (bicyclic) bond motifs is 1. The smallest absolute Gasteiger partial charge is 0.166 e. The molecule has 28 heavy (non-hydrogen) atoms. The molecule has 2 aromatic heterocycles. The lowest BCUT2D eigenvalue weighted by molar-refractivity contribution is 0.688. The van der Waals surface area contributed by atoms with Gasteiger partial charge < -0.3 is 4.90 Å². The van der Waals surface area contributed by atoms with Crippen LogP contribution in [0.4, 0.5) is 5.82 Å². The lowest BCUT2D eigenvalue weighted by Gasteiger charge is -2.30. The van der Waals surface area contributed by atoms with E-state index in [1.807, 2.05) is 26.1 Å². The number of rotatable bonds is 4. The molecule has 4 rings (SSSR count). The highest BCUT2D eigenvalue weighted by Crippen LogP contribution is 2.27. The standard InChI is InChI=1S/C23H23N5/c1-16-17(2)23(27-26-22(16)13-24)28-11-10-21-20(15-28)12-19(14-25-21)9-8-18-6-4-3-5-7-18/h3-7,12,14H,8-11,15H2,1-2H3. The van der Waals surface area contributed by atoms with Crippen LogP contribution in [-0.2, 0) is 25.8 Å². The minimum atomic E-state index is 0.406. The van der Waals surface area contributed by atoms with E-state index in [4.69, 9.17) is 10.2 Å². The van der Waals surface area contributed by atoms with Gasteiger partial charge in [0.1, 0.15) is 6.07 Å². The molecule has 0 radical (unpaired) electrons. The highest BCUT2D eigenvalue weighted by atomic mass is 15.3. The van der Waals surface area contributed by atoms with Crippen molar-refractivity contribution in [2.75, 3.05) is 11.4 Å². The predicted molar refractivity (Wildman–Crippen MR) is 109 cm³/mol. The summed E-state index contributed by atoms with van der Waals surface area (Å²) in [5.74, 6) is 0.872. The maximum absolute atomic E-state index is 9.16. The van der Waals surface area contributed by atoms with E-state index >= 15 is 0 Å². The third kappa shape index (κ3) is 3.59. The Hall–Kier alpha value is -3.26. The maximum atomic E-state index is 9.16. The van der Waals surface area contributed by atoms with Crippen molar-refractivity contribution in [2.45, 2.75) is 39.7 Å². The molecule has 0 saturated carbocycles. The van der Waals surface area contributed by atoms with E-state index in [2.05, 4.69) is 51.5 Å². The second kappa shape index (κ2) is 7.77. The summed E-state index contributed by atoms with van der Waals surface area (Å²) in [6.07, 6.45) is 4.92. The largest absolute Gasteiger partial charge is 0.350 e. The van der Waals surface area contributed by atoms with Crippen LogP contribution < -0.4 is 4.90 Å². The van der Waals surface area contributed by atoms with Crippen LogP contribution in [0.3, 0.4) is 0 Å². The van der Waals surface area contributed by atoms with Gasteiger partial charge in [-0.2, -0.15) is 5.26 Å². The molecule has 3 heterocycles. The Morgan fingerprint density at radius 3 is 2.61 bits per heavy atom. The third-order valence-electron chi connectivity index (χ3n) is 5.54. The van der Waals surface area contributed by atoms with E-state index in [1.54, 1.807) is 0 Å². The van der Waals surface area contributed by atoms with Crippen LogP contribution in [0.5, 0.6) is 0 Å². The molecule has 1 aliphatic heterocycles. The number of benzene rings is 1. The first-order valence-electron chi connectivity index (χ1n) is 9.65. The zero-order valence-corrected chi connectivity index (χ0v) is 16.3. The third-order valence-corrected chi connectivity index (χ3v) is 5.54. The second-order valence-corrected chi connectivity index (χ2v) is 7.34. The summed E-state index contributed by atoms with van der Waals surface area (Å²) in [5.41, 5.74) is 7.40. The van der Waals surface area contributed by atoms with E-state index in [1.165, 1.54) is 22.4 Å². The van der Waals surface area contributed by atoms with E-state index in [-0.39, 0.29) is 0 Å². The van der Waals surface area contributed by atoms with Gasteiger partial charge in [0.15, 0.2) is 11.5 Å². The van der Waals surface area contributed by atoms with Crippen LogP contribution in [0.25, 0.3) is 0 Å². The first-order valence-corrected chi connectivity index (χ1v) is 9.65. The first-order chi connectivity index (χ1) is 13.7. The fourth-order valence-corrected chi connectivity index (χ4v) is 3.73. The average molecular weight is 369 g/mol. The molecular weight excluding hydrogens is 346 g/mol. The molecule has 0 N–H and O–H groups in total. The lowest BCUT2D eigenvalue weighted by Crippen LogP contribution is -2.32. The summed E-state index contributed by atoms with van der Waals surface area (Å²) < 4.78 is 0. The first kappa shape index (κ1) is 18.1. The zero-order chi connectivity index (χ0) is 19.5. The van der Waals surface area contributed by atoms with Gasteiger partial charge in [0.25, 0.3) is 0 Å². The number of nitriles is 1. The van der Waals surface area contributed by atoms with E-state index in [0.717, 1.165) is 49.3 Å². The second-order valence-electron chi connectivity index (χ2n) is 7.34. The quantitative estimate of drug-likeness (QED) is 0.701. The molecule has 3 aromatic rings. The van der Waals surface area contributed by atoms with Crippen molar-refractivity contribution < 1.29 is 0 Å². The Kier molecular flexibility index (Phi) is 5.03. The van der Waals surface area contributed by atoms with E-state index in [0.29, 0.717) is 5.69 Å². The number of hydrogen-bond acceptors (Lipinski definition) is 5. The van der Waals surface area contributed by atoms with Gasteiger partial charge in [-0.25, -0.2) is 0 Å². The SMILES string of the molecule is Cc1c(C#N)nnc(N2CCc3ncc(CCc4ccccc4)cc3C2)c1C. The minimum Gasteiger partial charge on any atom is -0.350 e. The summed E-state index contributed by atoms with van der Waals surface area (Å²) in [6, 6.07) is 15.0. The highest BCUT2D eigenvalue weighted by molar-refractivity contribution is 5.53. The fraction of sp³-hybridized carbons (Fsp3) is 0.304. The number of nitrogens with zero attached hydrogens (tertiary/aromatic N) is 5. The molecule has 5 nitrogen and oxygen atoms in total. The van der Waals surface area contributed by atoms with Gasteiger partial charge in [0, 0.05) is 31.4 Å². The number of anilines is 1. The zero-order valence-electron chi connectivity index (χ0n) is 16.3. The monoisotopic (exact) mass is 369 g/mol. The van der Waals surface area contributed by atoms with Crippen molar-refractivity contribution in [2.24, 2.45) is 0 Å². The Bertz CT molecular complexity index is 1040. The summed E-state index contributed by atoms with van der Waals surface area (Å²) in [5, 5.41) is 17.6. The summed E-state index contributed by atoms with van der Waals surface area (Å²) in [4.78, 5) is 6.97. The topological polar surface area (TPSA) is 65.7 Å². The van der Waals surface area contributed by atoms with Crippen molar-refractivity contribution in [1.82, 2.24) is 15.2 Å². The molecule has 0 fully saturated rings. The molecule has 0 atom stereocenters. The van der Waals surface area contributed by atoms with Gasteiger partial charge in [-0.1, -0.05) is 36.4 Å². The van der Waals surface area contributed by atoms with Crippen LogP contribution in [0, 0.1) is 25.2 Å². The van der Waals surface area contributed by atoms with E-state index < -0.39 is 0 Å². The molecular formula is C23H23N5. The summed E-state index contributed by atoms with van der Waals surface area (Å²) in [7, 11) is 0. The van der Waals surface area contributed by atoms with Crippen LogP contribution >= 0.6 is 0 Å². The number of hydrogen-bond donors (Lipinski definition) is 0. The molecule has 0 unspecified atom stereocenters. The van der Waals surface area contributed by atoms with Crippen molar-refractivity contribution in [3.63, 3.8) is 0 Å². The van der Waals surface area contributed by atoms with Crippen molar-refractivity contribution in [1.29, 1.82) is 5.26 Å². The highest BCUT2D eigenvalue weighted by Gasteiger charge is 2.22. The Balaban J connectivity index is 1.53. The predicted octanol–water partition coefficient (Wildman–Crippen LogP) is 3.71. The Labute approximate surface area is 165 Å².